The van der Waals surface area contributed by atoms with Crippen molar-refractivity contribution in [1.82, 2.24) is 10.2 Å². The Bertz CT molecular complexity index is 1450. The fourth-order valence-corrected chi connectivity index (χ4v) is 7.17. The number of nitrogens with zero attached hydrogens (tertiary/aromatic N) is 2. The lowest BCUT2D eigenvalue weighted by atomic mass is 9.70. The summed E-state index contributed by atoms with van der Waals surface area (Å²) in [7, 11) is 0. The first kappa shape index (κ1) is 33.4. The summed E-state index contributed by atoms with van der Waals surface area (Å²) < 4.78 is 12.6. The minimum atomic E-state index is -1.25. The van der Waals surface area contributed by atoms with Crippen LogP contribution in [0.15, 0.2) is 79.9 Å². The Morgan fingerprint density at radius 3 is 2.57 bits per heavy atom. The van der Waals surface area contributed by atoms with Crippen LogP contribution in [0.25, 0.3) is 0 Å². The van der Waals surface area contributed by atoms with Crippen LogP contribution in [-0.4, -0.2) is 77.7 Å². The Morgan fingerprint density at radius 2 is 1.89 bits per heavy atom. The minimum absolute atomic E-state index is 0.0507. The van der Waals surface area contributed by atoms with Gasteiger partial charge in [-0.15, -0.1) is 13.2 Å². The molecule has 2 bridgehead atoms. The monoisotopic (exact) mass is 649 g/mol. The van der Waals surface area contributed by atoms with Crippen LogP contribution >= 0.6 is 11.6 Å². The summed E-state index contributed by atoms with van der Waals surface area (Å²) >= 11 is 6.11. The van der Waals surface area contributed by atoms with Gasteiger partial charge in [0.25, 0.3) is 5.91 Å². The highest BCUT2D eigenvalue weighted by atomic mass is 35.5. The third kappa shape index (κ3) is 6.47. The van der Waals surface area contributed by atoms with Crippen molar-refractivity contribution in [2.45, 2.75) is 56.0 Å². The van der Waals surface area contributed by atoms with E-state index in [4.69, 9.17) is 21.1 Å². The summed E-state index contributed by atoms with van der Waals surface area (Å²) in [5.74, 6) is -3.44. The Morgan fingerprint density at radius 1 is 1.15 bits per heavy atom. The van der Waals surface area contributed by atoms with Gasteiger partial charge in [-0.3, -0.25) is 19.2 Å². The fraction of sp³-hybridized carbons (Fsp3) is 0.429. The summed E-state index contributed by atoms with van der Waals surface area (Å²) in [6.45, 7) is 7.63. The summed E-state index contributed by atoms with van der Waals surface area (Å²) in [5, 5.41) is 13.0. The maximum atomic E-state index is 14.5. The number of ether oxygens (including phenoxy) is 2. The van der Waals surface area contributed by atoms with Crippen molar-refractivity contribution in [3.8, 4) is 0 Å². The molecule has 3 aliphatic heterocycles. The van der Waals surface area contributed by atoms with E-state index in [1.165, 1.54) is 9.80 Å². The molecule has 46 heavy (non-hydrogen) atoms. The Balaban J connectivity index is 1.44. The number of hydrogen-bond acceptors (Lipinski definition) is 7. The van der Waals surface area contributed by atoms with Crippen molar-refractivity contribution >= 4 is 41.0 Å². The second kappa shape index (κ2) is 14.6. The number of benzene rings is 2. The first-order valence-electron chi connectivity index (χ1n) is 15.7. The van der Waals surface area contributed by atoms with Gasteiger partial charge in [-0.25, -0.2) is 0 Å². The van der Waals surface area contributed by atoms with Crippen LogP contribution in [0.2, 0.25) is 5.02 Å². The number of allylic oxidation sites excluding steroid dienone is 1. The highest BCUT2D eigenvalue weighted by Crippen LogP contribution is 2.59. The average Bonchev–Trinajstić information content (AvgIpc) is 3.71. The van der Waals surface area contributed by atoms with Crippen molar-refractivity contribution in [2.75, 3.05) is 31.1 Å². The van der Waals surface area contributed by atoms with E-state index in [9.17, 15) is 24.3 Å². The smallest absolute Gasteiger partial charge is 0.313 e. The standard InChI is InChI=1S/C35H40ClN3O7/c1-3-5-12-28(41)37-22-27(23-10-7-6-8-11-23)45-34(44)29-26-17-18-35(46-26)30(29)32(42)39(20-9-21-40)31(35)33(43)38(19-4-2)25-15-13-24(36)14-16-25/h3-4,6-8,10-11,13-16,26-27,29-31,40H,1-2,5,9,12,17-22H2,(H,37,41)/t26-,27-,29+,30+,31-,35+/m0/s1. The highest BCUT2D eigenvalue weighted by Gasteiger charge is 2.75. The summed E-state index contributed by atoms with van der Waals surface area (Å²) in [5.41, 5.74) is 0.0236. The van der Waals surface area contributed by atoms with Crippen molar-refractivity contribution in [2.24, 2.45) is 11.8 Å². The molecule has 0 radical (unpaired) electrons. The van der Waals surface area contributed by atoms with Gasteiger partial charge in [-0.1, -0.05) is 54.1 Å². The maximum Gasteiger partial charge on any atom is 0.313 e. The largest absolute Gasteiger partial charge is 0.455 e. The first-order chi connectivity index (χ1) is 22.2. The molecule has 3 fully saturated rings. The molecule has 3 aliphatic rings. The summed E-state index contributed by atoms with van der Waals surface area (Å²) in [6, 6.07) is 14.9. The van der Waals surface area contributed by atoms with E-state index < -0.39 is 41.7 Å². The predicted octanol–water partition coefficient (Wildman–Crippen LogP) is 3.98. The number of nitrogens with one attached hydrogen (secondary N) is 1. The first-order valence-corrected chi connectivity index (χ1v) is 16.0. The molecular weight excluding hydrogens is 610 g/mol. The molecule has 0 aliphatic carbocycles. The molecule has 3 heterocycles. The zero-order valence-electron chi connectivity index (χ0n) is 25.7. The van der Waals surface area contributed by atoms with Crippen LogP contribution in [0, 0.1) is 11.8 Å². The number of likely N-dealkylation sites (tertiary alicyclic amines) is 1. The van der Waals surface area contributed by atoms with E-state index in [0.29, 0.717) is 35.5 Å². The van der Waals surface area contributed by atoms with Crippen LogP contribution in [-0.2, 0) is 28.7 Å². The quantitative estimate of drug-likeness (QED) is 0.221. The molecule has 2 N–H and O–H groups in total. The van der Waals surface area contributed by atoms with Gasteiger partial charge in [0.05, 0.1) is 24.5 Å². The number of hydrogen-bond donors (Lipinski definition) is 2. The minimum Gasteiger partial charge on any atom is -0.455 e. The number of fused-ring (bicyclic) bond motifs is 1. The van der Waals surface area contributed by atoms with Gasteiger partial charge >= 0.3 is 5.97 Å². The van der Waals surface area contributed by atoms with Crippen molar-refractivity contribution in [1.29, 1.82) is 0 Å². The van der Waals surface area contributed by atoms with E-state index in [0.717, 1.165) is 0 Å². The second-order valence-corrected chi connectivity index (χ2v) is 12.3. The number of rotatable bonds is 15. The molecule has 3 amide bonds. The van der Waals surface area contributed by atoms with E-state index in [1.54, 1.807) is 36.4 Å². The summed E-state index contributed by atoms with van der Waals surface area (Å²) in [6.07, 6.45) is 3.75. The molecule has 0 aromatic heterocycles. The number of carbonyl (C=O) groups is 4. The van der Waals surface area contributed by atoms with Crippen LogP contribution in [0.5, 0.6) is 0 Å². The molecule has 3 saturated heterocycles. The summed E-state index contributed by atoms with van der Waals surface area (Å²) in [4.78, 5) is 58.1. The SMILES string of the molecule is C=CCCC(=O)NC[C@H](OC(=O)[C@@H]1[C@@H]2CC[C@]3(O2)[C@H](C(=O)N(CC=C)c2ccc(Cl)cc2)N(CCCO)C(=O)[C@@H]13)c1ccccc1. The molecule has 2 aromatic carbocycles. The van der Waals surface area contributed by atoms with Crippen molar-refractivity contribution < 1.29 is 33.8 Å². The third-order valence-electron chi connectivity index (χ3n) is 9.07. The number of halogens is 1. The van der Waals surface area contributed by atoms with Gasteiger partial charge in [0, 0.05) is 36.8 Å². The van der Waals surface area contributed by atoms with E-state index in [-0.39, 0.29) is 56.8 Å². The molecule has 244 valence electrons. The number of aliphatic hydroxyl groups excluding tert-OH is 1. The lowest BCUT2D eigenvalue weighted by molar-refractivity contribution is -0.160. The van der Waals surface area contributed by atoms with Crippen LogP contribution in [0.1, 0.15) is 43.8 Å². The highest BCUT2D eigenvalue weighted by molar-refractivity contribution is 6.30. The van der Waals surface area contributed by atoms with Crippen LogP contribution < -0.4 is 10.2 Å². The lowest BCUT2D eigenvalue weighted by Gasteiger charge is -2.36. The molecule has 10 nitrogen and oxygen atoms in total. The average molecular weight is 650 g/mol. The predicted molar refractivity (Wildman–Crippen MR) is 173 cm³/mol. The molecule has 0 unspecified atom stereocenters. The Hall–Kier alpha value is -3.99. The third-order valence-corrected chi connectivity index (χ3v) is 9.32. The van der Waals surface area contributed by atoms with Crippen molar-refractivity contribution in [3.05, 3.63) is 90.5 Å². The molecule has 5 rings (SSSR count). The lowest BCUT2D eigenvalue weighted by Crippen LogP contribution is -2.56. The van der Waals surface area contributed by atoms with Gasteiger partial charge < -0.3 is 29.7 Å². The van der Waals surface area contributed by atoms with Gasteiger partial charge in [0.2, 0.25) is 11.8 Å². The molecule has 6 atom stereocenters. The number of aliphatic hydroxyl groups is 1. The Kier molecular flexibility index (Phi) is 10.6. The molecule has 11 heteroatoms. The van der Waals surface area contributed by atoms with Crippen LogP contribution in [0.4, 0.5) is 5.69 Å². The molecule has 1 spiro atoms. The van der Waals surface area contributed by atoms with Crippen LogP contribution in [0.3, 0.4) is 0 Å². The number of carbonyl (C=O) groups excluding carboxylic acids is 4. The number of anilines is 1. The maximum absolute atomic E-state index is 14.5. The normalized spacial score (nSPS) is 25.1. The molecule has 2 aromatic rings. The molecular formula is C35H40ClN3O7. The Labute approximate surface area is 274 Å². The van der Waals surface area contributed by atoms with Gasteiger partial charge in [0.1, 0.15) is 17.7 Å². The van der Waals surface area contributed by atoms with Crippen molar-refractivity contribution in [3.63, 3.8) is 0 Å². The van der Waals surface area contributed by atoms with Gasteiger partial charge in [-0.2, -0.15) is 0 Å². The number of esters is 1. The topological polar surface area (TPSA) is 125 Å². The zero-order chi connectivity index (χ0) is 32.8. The van der Waals surface area contributed by atoms with Gasteiger partial charge in [0.15, 0.2) is 0 Å². The fourth-order valence-electron chi connectivity index (χ4n) is 7.04. The van der Waals surface area contributed by atoms with Gasteiger partial charge in [-0.05, 0) is 55.5 Å². The van der Waals surface area contributed by atoms with E-state index >= 15 is 0 Å². The molecule has 0 saturated carbocycles. The van der Waals surface area contributed by atoms with E-state index in [1.807, 2.05) is 30.3 Å². The number of amides is 3. The van der Waals surface area contributed by atoms with E-state index in [2.05, 4.69) is 18.5 Å². The zero-order valence-corrected chi connectivity index (χ0v) is 26.4. The second-order valence-electron chi connectivity index (χ2n) is 11.8.